The van der Waals surface area contributed by atoms with E-state index in [2.05, 4.69) is 25.7 Å². The van der Waals surface area contributed by atoms with Crippen molar-refractivity contribution >= 4 is 11.9 Å². The van der Waals surface area contributed by atoms with Gasteiger partial charge in [0.15, 0.2) is 0 Å². The Kier molecular flexibility index (Phi) is 28.7. The van der Waals surface area contributed by atoms with Crippen molar-refractivity contribution in [1.82, 2.24) is 0 Å². The summed E-state index contributed by atoms with van der Waals surface area (Å²) in [6.07, 6.45) is 37.2. The number of hydrogen-bond acceptors (Lipinski definition) is 3. The van der Waals surface area contributed by atoms with Gasteiger partial charge in [-0.25, -0.2) is 0 Å². The lowest BCUT2D eigenvalue weighted by Gasteiger charge is -2.10. The Bertz CT molecular complexity index is 569. The molecule has 38 heavy (non-hydrogen) atoms. The molecule has 0 aromatic carbocycles. The van der Waals surface area contributed by atoms with Gasteiger partial charge >= 0.3 is 11.9 Å². The van der Waals surface area contributed by atoms with Gasteiger partial charge in [0.25, 0.3) is 0 Å². The summed E-state index contributed by atoms with van der Waals surface area (Å²) >= 11 is 0. The minimum Gasteiger partial charge on any atom is -0.481 e. The average Bonchev–Trinajstić information content (AvgIpc) is 2.91. The molecule has 1 N–H and O–H groups in total. The maximum atomic E-state index is 11.6. The predicted octanol–water partition coefficient (Wildman–Crippen LogP) is 10.7. The molecule has 0 saturated carbocycles. The summed E-state index contributed by atoms with van der Waals surface area (Å²) in [5, 5.41) is 9.29. The molecule has 1 atom stereocenters. The van der Waals surface area contributed by atoms with Crippen LogP contribution in [0, 0.1) is 5.92 Å². The van der Waals surface area contributed by atoms with Gasteiger partial charge in [-0.3, -0.25) is 9.59 Å². The van der Waals surface area contributed by atoms with E-state index >= 15 is 0 Å². The molecule has 4 nitrogen and oxygen atoms in total. The molecule has 0 saturated heterocycles. The fourth-order valence-corrected chi connectivity index (χ4v) is 4.96. The summed E-state index contributed by atoms with van der Waals surface area (Å²) in [6.45, 7) is 5.91. The monoisotopic (exact) mass is 534 g/mol. The van der Waals surface area contributed by atoms with E-state index < -0.39 is 17.9 Å². The van der Waals surface area contributed by atoms with Crippen molar-refractivity contribution in [2.75, 3.05) is 6.61 Å². The lowest BCUT2D eigenvalue weighted by Crippen LogP contribution is -2.19. The number of hydrogen-bond donors (Lipinski definition) is 1. The molecule has 0 aliphatic heterocycles. The standard InChI is InChI=1S/C34H62O4/c1-3-5-6-7-8-9-10-11-12-13-14-15-16-17-18-19-20-21-22-23-24-25-26-27-28-29-32(34(36)37)31-33(35)38-30-4-2/h4,25-26,32H,2-3,5-24,27-31H2,1H3,(H,36,37)/b26-25+. The first-order valence-corrected chi connectivity index (χ1v) is 16.3. The average molecular weight is 535 g/mol. The maximum absolute atomic E-state index is 11.6. The Balaban J connectivity index is 3.35. The van der Waals surface area contributed by atoms with E-state index in [1.54, 1.807) is 0 Å². The number of esters is 1. The number of aliphatic carboxylic acids is 1. The van der Waals surface area contributed by atoms with Crippen LogP contribution in [0.25, 0.3) is 0 Å². The van der Waals surface area contributed by atoms with Gasteiger partial charge in [0.05, 0.1) is 12.3 Å². The van der Waals surface area contributed by atoms with Gasteiger partial charge in [0, 0.05) is 0 Å². The Labute approximate surface area is 236 Å². The number of allylic oxidation sites excluding steroid dienone is 2. The summed E-state index contributed by atoms with van der Waals surface area (Å²) in [5.74, 6) is -2.05. The van der Waals surface area contributed by atoms with E-state index in [0.717, 1.165) is 19.3 Å². The normalized spacial score (nSPS) is 12.1. The molecular weight excluding hydrogens is 472 g/mol. The van der Waals surface area contributed by atoms with Crippen LogP contribution in [0.5, 0.6) is 0 Å². The highest BCUT2D eigenvalue weighted by Crippen LogP contribution is 2.16. The van der Waals surface area contributed by atoms with E-state index in [4.69, 9.17) is 4.74 Å². The van der Waals surface area contributed by atoms with Crippen LogP contribution in [0.3, 0.4) is 0 Å². The molecular formula is C34H62O4. The molecule has 0 aliphatic carbocycles. The smallest absolute Gasteiger partial charge is 0.307 e. The summed E-state index contributed by atoms with van der Waals surface area (Å²) in [6, 6.07) is 0. The molecule has 1 unspecified atom stereocenters. The van der Waals surface area contributed by atoms with Gasteiger partial charge in [-0.15, -0.1) is 0 Å². The van der Waals surface area contributed by atoms with E-state index in [1.807, 2.05) is 0 Å². The second-order valence-electron chi connectivity index (χ2n) is 11.1. The molecule has 0 aromatic heterocycles. The molecule has 0 bridgehead atoms. The van der Waals surface area contributed by atoms with Gasteiger partial charge in [0.2, 0.25) is 0 Å². The fourth-order valence-electron chi connectivity index (χ4n) is 4.96. The van der Waals surface area contributed by atoms with Gasteiger partial charge in [0.1, 0.15) is 6.61 Å². The SMILES string of the molecule is C=CCOC(=O)CC(CCC/C=C/CCCCCCCCCCCCCCCCCCCCCC)C(=O)O. The third-order valence-corrected chi connectivity index (χ3v) is 7.44. The van der Waals surface area contributed by atoms with E-state index in [0.29, 0.717) is 6.42 Å². The molecule has 222 valence electrons. The third-order valence-electron chi connectivity index (χ3n) is 7.44. The Morgan fingerprint density at radius 2 is 1.05 bits per heavy atom. The maximum Gasteiger partial charge on any atom is 0.307 e. The zero-order chi connectivity index (χ0) is 27.9. The van der Waals surface area contributed by atoms with Gasteiger partial charge in [-0.05, 0) is 32.1 Å². The number of carboxylic acid groups (broad SMARTS) is 1. The van der Waals surface area contributed by atoms with Crippen molar-refractivity contribution in [3.8, 4) is 0 Å². The van der Waals surface area contributed by atoms with Crippen LogP contribution < -0.4 is 0 Å². The summed E-state index contributed by atoms with van der Waals surface area (Å²) < 4.78 is 4.90. The highest BCUT2D eigenvalue weighted by atomic mass is 16.5. The number of carbonyl (C=O) groups excluding carboxylic acids is 1. The molecule has 0 fully saturated rings. The van der Waals surface area contributed by atoms with Crippen LogP contribution in [0.1, 0.15) is 167 Å². The number of unbranched alkanes of at least 4 members (excludes halogenated alkanes) is 21. The minimum absolute atomic E-state index is 0.0632. The zero-order valence-corrected chi connectivity index (χ0v) is 25.1. The molecule has 0 radical (unpaired) electrons. The molecule has 0 heterocycles. The number of carbonyl (C=O) groups is 2. The number of carboxylic acids is 1. The van der Waals surface area contributed by atoms with Crippen molar-refractivity contribution in [2.24, 2.45) is 5.92 Å². The second-order valence-corrected chi connectivity index (χ2v) is 11.1. The Morgan fingerprint density at radius 1 is 0.658 bits per heavy atom. The zero-order valence-electron chi connectivity index (χ0n) is 25.1. The van der Waals surface area contributed by atoms with Crippen molar-refractivity contribution in [1.29, 1.82) is 0 Å². The Morgan fingerprint density at radius 3 is 1.45 bits per heavy atom. The highest BCUT2D eigenvalue weighted by Gasteiger charge is 2.21. The van der Waals surface area contributed by atoms with E-state index in [-0.39, 0.29) is 13.0 Å². The lowest BCUT2D eigenvalue weighted by atomic mass is 9.98. The van der Waals surface area contributed by atoms with Crippen molar-refractivity contribution in [3.63, 3.8) is 0 Å². The molecule has 0 spiro atoms. The van der Waals surface area contributed by atoms with Crippen molar-refractivity contribution < 1.29 is 19.4 Å². The van der Waals surface area contributed by atoms with E-state index in [9.17, 15) is 14.7 Å². The Hall–Kier alpha value is -1.58. The molecule has 0 rings (SSSR count). The summed E-state index contributed by atoms with van der Waals surface area (Å²) in [7, 11) is 0. The molecule has 0 aromatic rings. The van der Waals surface area contributed by atoms with Gasteiger partial charge < -0.3 is 9.84 Å². The first kappa shape index (κ1) is 36.4. The number of rotatable bonds is 30. The first-order valence-electron chi connectivity index (χ1n) is 16.3. The van der Waals surface area contributed by atoms with Crippen LogP contribution in [-0.2, 0) is 14.3 Å². The van der Waals surface area contributed by atoms with Crippen LogP contribution >= 0.6 is 0 Å². The van der Waals surface area contributed by atoms with Crippen molar-refractivity contribution in [3.05, 3.63) is 24.8 Å². The third kappa shape index (κ3) is 27.5. The molecule has 0 aliphatic rings. The minimum atomic E-state index is -0.922. The van der Waals surface area contributed by atoms with Crippen LogP contribution in [0.4, 0.5) is 0 Å². The molecule has 0 amide bonds. The second kappa shape index (κ2) is 30.0. The number of ether oxygens (including phenoxy) is 1. The fraction of sp³-hybridized carbons (Fsp3) is 0.824. The highest BCUT2D eigenvalue weighted by molar-refractivity contribution is 5.78. The summed E-state index contributed by atoms with van der Waals surface area (Å²) in [4.78, 5) is 22.9. The largest absolute Gasteiger partial charge is 0.481 e. The quantitative estimate of drug-likeness (QED) is 0.0565. The lowest BCUT2D eigenvalue weighted by molar-refractivity contribution is -0.151. The molecule has 4 heteroatoms. The van der Waals surface area contributed by atoms with Crippen molar-refractivity contribution in [2.45, 2.75) is 167 Å². The van der Waals surface area contributed by atoms with Crippen LogP contribution in [0.2, 0.25) is 0 Å². The topological polar surface area (TPSA) is 63.6 Å². The summed E-state index contributed by atoms with van der Waals surface area (Å²) in [5.41, 5.74) is 0. The predicted molar refractivity (Wildman–Crippen MR) is 163 cm³/mol. The van der Waals surface area contributed by atoms with Crippen LogP contribution in [0.15, 0.2) is 24.8 Å². The van der Waals surface area contributed by atoms with Gasteiger partial charge in [-0.2, -0.15) is 0 Å². The first-order chi connectivity index (χ1) is 18.6. The van der Waals surface area contributed by atoms with Gasteiger partial charge in [-0.1, -0.05) is 154 Å². The van der Waals surface area contributed by atoms with E-state index in [1.165, 1.54) is 134 Å². The van der Waals surface area contributed by atoms with Crippen LogP contribution in [-0.4, -0.2) is 23.7 Å².